The average Bonchev–Trinajstić information content (AvgIpc) is 3.10. The second kappa shape index (κ2) is 9.66. The van der Waals surface area contributed by atoms with Gasteiger partial charge in [0.05, 0.1) is 12.6 Å². The molecule has 0 aliphatic carbocycles. The third kappa shape index (κ3) is 5.27. The maximum Gasteiger partial charge on any atom is 0.350 e. The Morgan fingerprint density at radius 3 is 2.61 bits per heavy atom. The number of urea groups is 1. The number of carbonyl (C=O) groups excluding carboxylic acids is 1. The van der Waals surface area contributed by atoms with E-state index in [2.05, 4.69) is 15.7 Å². The molecule has 0 aliphatic rings. The molecule has 33 heavy (non-hydrogen) atoms. The summed E-state index contributed by atoms with van der Waals surface area (Å²) in [6.45, 7) is 0.631. The molecule has 2 heterocycles. The molecule has 1 atom stereocenters. The highest BCUT2D eigenvalue weighted by Gasteiger charge is 2.15. The zero-order valence-electron chi connectivity index (χ0n) is 18.4. The fraction of sp³-hybridized carbons (Fsp3) is 0.208. The van der Waals surface area contributed by atoms with Gasteiger partial charge in [-0.2, -0.15) is 0 Å². The van der Waals surface area contributed by atoms with E-state index in [-0.39, 0.29) is 30.1 Å². The molecule has 1 unspecified atom stereocenters. The molecule has 170 valence electrons. The zero-order valence-corrected chi connectivity index (χ0v) is 18.4. The predicted octanol–water partition coefficient (Wildman–Crippen LogP) is 3.11. The van der Waals surface area contributed by atoms with Crippen LogP contribution in [-0.2, 0) is 6.54 Å². The minimum atomic E-state index is -0.356. The van der Waals surface area contributed by atoms with E-state index in [4.69, 9.17) is 0 Å². The lowest BCUT2D eigenvalue weighted by Gasteiger charge is -2.25. The van der Waals surface area contributed by atoms with Crippen LogP contribution in [0.15, 0.2) is 77.7 Å². The summed E-state index contributed by atoms with van der Waals surface area (Å²) in [6, 6.07) is 18.4. The Morgan fingerprint density at radius 2 is 1.88 bits per heavy atom. The van der Waals surface area contributed by atoms with E-state index >= 15 is 0 Å². The molecule has 0 spiro atoms. The number of hydrogen-bond donors (Lipinski definition) is 2. The SMILES string of the molecule is CN(C)C(CNC(=O)Nc1cccc(Cn2nc3ccccn3c2=O)c1)c1ccc(F)cc1. The van der Waals surface area contributed by atoms with Crippen molar-refractivity contribution in [2.24, 2.45) is 0 Å². The van der Waals surface area contributed by atoms with Crippen LogP contribution >= 0.6 is 0 Å². The minimum absolute atomic E-state index is 0.107. The summed E-state index contributed by atoms with van der Waals surface area (Å²) in [6.07, 6.45) is 1.68. The van der Waals surface area contributed by atoms with Crippen molar-refractivity contribution in [2.75, 3.05) is 26.0 Å². The zero-order chi connectivity index (χ0) is 23.4. The van der Waals surface area contributed by atoms with Gasteiger partial charge in [0.15, 0.2) is 5.65 Å². The van der Waals surface area contributed by atoms with Crippen molar-refractivity contribution in [2.45, 2.75) is 12.6 Å². The molecule has 9 heteroatoms. The van der Waals surface area contributed by atoms with Crippen molar-refractivity contribution in [1.82, 2.24) is 24.4 Å². The van der Waals surface area contributed by atoms with E-state index in [0.29, 0.717) is 17.9 Å². The number of carbonyl (C=O) groups is 1. The molecule has 4 aromatic rings. The number of halogens is 1. The molecule has 0 bridgehead atoms. The molecule has 2 aromatic carbocycles. The van der Waals surface area contributed by atoms with Crippen LogP contribution in [0.3, 0.4) is 0 Å². The topological polar surface area (TPSA) is 83.7 Å². The maximum atomic E-state index is 13.2. The monoisotopic (exact) mass is 448 g/mol. The number of benzene rings is 2. The molecule has 4 rings (SSSR count). The first kappa shape index (κ1) is 22.2. The molecular weight excluding hydrogens is 423 g/mol. The number of nitrogens with zero attached hydrogens (tertiary/aromatic N) is 4. The van der Waals surface area contributed by atoms with Gasteiger partial charge in [-0.25, -0.2) is 18.7 Å². The van der Waals surface area contributed by atoms with Gasteiger partial charge in [0, 0.05) is 18.4 Å². The van der Waals surface area contributed by atoms with Gasteiger partial charge in [-0.1, -0.05) is 30.3 Å². The number of rotatable bonds is 7. The lowest BCUT2D eigenvalue weighted by Crippen LogP contribution is -2.36. The van der Waals surface area contributed by atoms with E-state index in [0.717, 1.165) is 11.1 Å². The van der Waals surface area contributed by atoms with Crippen molar-refractivity contribution in [1.29, 1.82) is 0 Å². The molecule has 0 fully saturated rings. The van der Waals surface area contributed by atoms with Crippen LogP contribution in [0.1, 0.15) is 17.2 Å². The van der Waals surface area contributed by atoms with Crippen molar-refractivity contribution in [3.8, 4) is 0 Å². The standard InChI is InChI=1S/C24H25FN6O2/c1-29(2)21(18-9-11-19(25)12-10-18)15-26-23(32)27-20-7-5-6-17(14-20)16-31-24(33)30-13-4-3-8-22(30)28-31/h3-14,21H,15-16H2,1-2H3,(H2,26,27,32). The lowest BCUT2D eigenvalue weighted by molar-refractivity contribution is 0.243. The molecule has 0 radical (unpaired) electrons. The first-order valence-electron chi connectivity index (χ1n) is 10.5. The number of amides is 2. The smallest absolute Gasteiger partial charge is 0.336 e. The fourth-order valence-corrected chi connectivity index (χ4v) is 3.64. The Hall–Kier alpha value is -3.98. The van der Waals surface area contributed by atoms with Gasteiger partial charge in [0.1, 0.15) is 5.82 Å². The Bertz CT molecular complexity index is 1310. The molecule has 2 aromatic heterocycles. The van der Waals surface area contributed by atoms with Crippen LogP contribution < -0.4 is 16.3 Å². The molecule has 2 N–H and O–H groups in total. The van der Waals surface area contributed by atoms with E-state index in [9.17, 15) is 14.0 Å². The van der Waals surface area contributed by atoms with Gasteiger partial charge in [0.25, 0.3) is 0 Å². The van der Waals surface area contributed by atoms with Crippen molar-refractivity contribution in [3.63, 3.8) is 0 Å². The third-order valence-electron chi connectivity index (χ3n) is 5.34. The van der Waals surface area contributed by atoms with Gasteiger partial charge < -0.3 is 15.5 Å². The highest BCUT2D eigenvalue weighted by atomic mass is 19.1. The van der Waals surface area contributed by atoms with Crippen LogP contribution in [0, 0.1) is 5.82 Å². The maximum absolute atomic E-state index is 13.2. The minimum Gasteiger partial charge on any atom is -0.336 e. The second-order valence-corrected chi connectivity index (χ2v) is 7.94. The predicted molar refractivity (Wildman–Crippen MR) is 125 cm³/mol. The van der Waals surface area contributed by atoms with Gasteiger partial charge >= 0.3 is 11.7 Å². The number of nitrogens with one attached hydrogen (secondary N) is 2. The van der Waals surface area contributed by atoms with Gasteiger partial charge in [-0.05, 0) is 61.6 Å². The fourth-order valence-electron chi connectivity index (χ4n) is 3.64. The summed E-state index contributed by atoms with van der Waals surface area (Å²) >= 11 is 0. The van der Waals surface area contributed by atoms with Gasteiger partial charge in [0.2, 0.25) is 0 Å². The summed E-state index contributed by atoms with van der Waals surface area (Å²) in [5.41, 5.74) is 2.69. The van der Waals surface area contributed by atoms with E-state index in [1.807, 2.05) is 37.2 Å². The Kier molecular flexibility index (Phi) is 6.50. The largest absolute Gasteiger partial charge is 0.350 e. The van der Waals surface area contributed by atoms with Crippen molar-refractivity contribution >= 4 is 17.4 Å². The van der Waals surface area contributed by atoms with Crippen LogP contribution in [0.4, 0.5) is 14.9 Å². The number of fused-ring (bicyclic) bond motifs is 1. The first-order valence-corrected chi connectivity index (χ1v) is 10.5. The number of hydrogen-bond acceptors (Lipinski definition) is 4. The summed E-state index contributed by atoms with van der Waals surface area (Å²) in [4.78, 5) is 26.9. The average molecular weight is 449 g/mol. The van der Waals surface area contributed by atoms with E-state index in [1.165, 1.54) is 21.2 Å². The third-order valence-corrected chi connectivity index (χ3v) is 5.34. The first-order chi connectivity index (χ1) is 15.9. The van der Waals surface area contributed by atoms with E-state index in [1.54, 1.807) is 42.6 Å². The highest BCUT2D eigenvalue weighted by Crippen LogP contribution is 2.18. The molecule has 8 nitrogen and oxygen atoms in total. The van der Waals surface area contributed by atoms with Crippen LogP contribution in [0.2, 0.25) is 0 Å². The van der Waals surface area contributed by atoms with Crippen molar-refractivity contribution in [3.05, 3.63) is 100 Å². The van der Waals surface area contributed by atoms with Gasteiger partial charge in [-0.3, -0.25) is 4.40 Å². The molecule has 0 aliphatic heterocycles. The molecule has 0 saturated carbocycles. The molecule has 2 amide bonds. The Balaban J connectivity index is 1.40. The van der Waals surface area contributed by atoms with E-state index < -0.39 is 0 Å². The number of aromatic nitrogens is 3. The van der Waals surface area contributed by atoms with Gasteiger partial charge in [-0.15, -0.1) is 5.10 Å². The summed E-state index contributed by atoms with van der Waals surface area (Å²) in [5.74, 6) is -0.298. The molecule has 0 saturated heterocycles. The van der Waals surface area contributed by atoms with Crippen LogP contribution in [-0.4, -0.2) is 45.8 Å². The summed E-state index contributed by atoms with van der Waals surface area (Å²) in [5, 5.41) is 10.0. The molecular formula is C24H25FN6O2. The van der Waals surface area contributed by atoms with Crippen LogP contribution in [0.5, 0.6) is 0 Å². The lowest BCUT2D eigenvalue weighted by atomic mass is 10.1. The highest BCUT2D eigenvalue weighted by molar-refractivity contribution is 5.89. The number of likely N-dealkylation sites (N-methyl/N-ethyl adjacent to an activating group) is 1. The second-order valence-electron chi connectivity index (χ2n) is 7.94. The summed E-state index contributed by atoms with van der Waals surface area (Å²) in [7, 11) is 3.80. The van der Waals surface area contributed by atoms with Crippen molar-refractivity contribution < 1.29 is 9.18 Å². The normalized spacial score (nSPS) is 12.1. The number of pyridine rings is 1. The number of anilines is 1. The Morgan fingerprint density at radius 1 is 1.09 bits per heavy atom. The summed E-state index contributed by atoms with van der Waals surface area (Å²) < 4.78 is 16.1. The quantitative estimate of drug-likeness (QED) is 0.455. The Labute approximate surface area is 190 Å². The van der Waals surface area contributed by atoms with Crippen LogP contribution in [0.25, 0.3) is 5.65 Å².